The van der Waals surface area contributed by atoms with Gasteiger partial charge < -0.3 is 15.6 Å². The van der Waals surface area contributed by atoms with E-state index in [1.165, 1.54) is 49.7 Å². The van der Waals surface area contributed by atoms with Gasteiger partial charge >= 0.3 is 0 Å². The molecule has 0 aliphatic carbocycles. The number of benzene rings is 1. The first-order valence-corrected chi connectivity index (χ1v) is 8.77. The molecule has 0 radical (unpaired) electrons. The minimum atomic E-state index is -0.568. The van der Waals surface area contributed by atoms with Gasteiger partial charge in [-0.2, -0.15) is 0 Å². The van der Waals surface area contributed by atoms with Crippen molar-refractivity contribution >= 4 is 0 Å². The lowest BCUT2D eigenvalue weighted by Crippen LogP contribution is -2.44. The molecule has 0 spiro atoms. The average Bonchev–Trinajstić information content (AvgIpc) is 2.94. The van der Waals surface area contributed by atoms with Crippen LogP contribution in [0.25, 0.3) is 0 Å². The summed E-state index contributed by atoms with van der Waals surface area (Å²) in [5, 5.41) is 9.30. The molecule has 2 atom stereocenters. The molecule has 1 heterocycles. The van der Waals surface area contributed by atoms with Gasteiger partial charge in [-0.05, 0) is 24.0 Å². The third-order valence-corrected chi connectivity index (χ3v) is 4.65. The predicted molar refractivity (Wildman–Crippen MR) is 90.8 cm³/mol. The molecule has 0 unspecified atom stereocenters. The van der Waals surface area contributed by atoms with E-state index in [0.29, 0.717) is 13.0 Å². The molecule has 22 heavy (non-hydrogen) atoms. The van der Waals surface area contributed by atoms with Crippen LogP contribution in [-0.2, 0) is 11.2 Å². The molecule has 3 N–H and O–H groups in total. The zero-order chi connectivity index (χ0) is 15.8. The van der Waals surface area contributed by atoms with E-state index in [0.717, 1.165) is 6.42 Å². The number of nitrogens with two attached hydrogens (primary N) is 1. The van der Waals surface area contributed by atoms with Gasteiger partial charge in [-0.15, -0.1) is 0 Å². The summed E-state index contributed by atoms with van der Waals surface area (Å²) in [6, 6.07) is 8.72. The minimum Gasteiger partial charge on any atom is -0.394 e. The molecular weight excluding hydrogens is 274 g/mol. The zero-order valence-electron chi connectivity index (χ0n) is 13.9. The molecule has 1 saturated heterocycles. The van der Waals surface area contributed by atoms with Crippen LogP contribution < -0.4 is 5.73 Å². The van der Waals surface area contributed by atoms with E-state index in [2.05, 4.69) is 31.2 Å². The van der Waals surface area contributed by atoms with Crippen molar-refractivity contribution < 1.29 is 9.84 Å². The van der Waals surface area contributed by atoms with Crippen LogP contribution in [-0.4, -0.2) is 23.9 Å². The van der Waals surface area contributed by atoms with E-state index < -0.39 is 5.54 Å². The molecule has 0 bridgehead atoms. The second kappa shape index (κ2) is 8.66. The number of unbranched alkanes of at least 4 members (excludes halogenated alkanes) is 5. The van der Waals surface area contributed by atoms with Crippen molar-refractivity contribution in [3.63, 3.8) is 0 Å². The molecule has 1 aromatic rings. The van der Waals surface area contributed by atoms with E-state index in [-0.39, 0.29) is 12.7 Å². The predicted octanol–water partition coefficient (Wildman–Crippen LogP) is 3.74. The fraction of sp³-hybridized carbons (Fsp3) is 0.684. The first-order valence-electron chi connectivity index (χ1n) is 8.77. The van der Waals surface area contributed by atoms with Gasteiger partial charge in [-0.1, -0.05) is 63.3 Å². The lowest BCUT2D eigenvalue weighted by molar-refractivity contribution is 0.0960. The third kappa shape index (κ3) is 5.08. The Morgan fingerprint density at radius 2 is 1.82 bits per heavy atom. The van der Waals surface area contributed by atoms with Crippen molar-refractivity contribution in [3.8, 4) is 0 Å². The Balaban J connectivity index is 1.74. The average molecular weight is 305 g/mol. The lowest BCUT2D eigenvalue weighted by Gasteiger charge is -2.18. The highest BCUT2D eigenvalue weighted by molar-refractivity contribution is 5.25. The van der Waals surface area contributed by atoms with Crippen molar-refractivity contribution in [3.05, 3.63) is 35.4 Å². The third-order valence-electron chi connectivity index (χ3n) is 4.65. The summed E-state index contributed by atoms with van der Waals surface area (Å²) in [5.74, 6) is 0. The molecule has 3 heteroatoms. The number of ether oxygens (including phenoxy) is 1. The molecule has 1 aromatic carbocycles. The Morgan fingerprint density at radius 1 is 1.14 bits per heavy atom. The molecule has 0 saturated carbocycles. The van der Waals surface area contributed by atoms with Crippen molar-refractivity contribution in [2.45, 2.75) is 69.9 Å². The fourth-order valence-electron chi connectivity index (χ4n) is 3.09. The molecule has 2 rings (SSSR count). The van der Waals surface area contributed by atoms with Crippen LogP contribution in [0.4, 0.5) is 0 Å². The maximum atomic E-state index is 9.30. The highest BCUT2D eigenvalue weighted by atomic mass is 16.5. The molecule has 0 aromatic heterocycles. The minimum absolute atomic E-state index is 0.0143. The van der Waals surface area contributed by atoms with Crippen LogP contribution in [0.2, 0.25) is 0 Å². The van der Waals surface area contributed by atoms with Gasteiger partial charge in [0.2, 0.25) is 0 Å². The Labute approximate surface area is 134 Å². The van der Waals surface area contributed by atoms with Gasteiger partial charge in [-0.25, -0.2) is 0 Å². The summed E-state index contributed by atoms with van der Waals surface area (Å²) in [6.45, 7) is 2.68. The highest BCUT2D eigenvalue weighted by Gasteiger charge is 2.36. The largest absolute Gasteiger partial charge is 0.394 e. The van der Waals surface area contributed by atoms with Gasteiger partial charge in [0.25, 0.3) is 0 Å². The standard InChI is InChI=1S/C19H31NO2/c1-2-3-4-5-6-7-8-16-9-11-17(12-10-16)18-13-19(20,14-21)15-22-18/h9-12,18,21H,2-8,13-15,20H2,1H3/t18-,19-/m1/s1. The second-order valence-electron chi connectivity index (χ2n) is 6.78. The molecule has 124 valence electrons. The summed E-state index contributed by atoms with van der Waals surface area (Å²) < 4.78 is 5.74. The molecule has 0 amide bonds. The second-order valence-corrected chi connectivity index (χ2v) is 6.78. The number of aliphatic hydroxyl groups excluding tert-OH is 1. The van der Waals surface area contributed by atoms with Crippen molar-refractivity contribution in [1.29, 1.82) is 0 Å². The van der Waals surface area contributed by atoms with Crippen LogP contribution in [0.1, 0.15) is 69.1 Å². The first-order chi connectivity index (χ1) is 10.7. The molecular formula is C19H31NO2. The van der Waals surface area contributed by atoms with Gasteiger partial charge in [-0.3, -0.25) is 0 Å². The van der Waals surface area contributed by atoms with Crippen molar-refractivity contribution in [1.82, 2.24) is 0 Å². The first kappa shape index (κ1) is 17.5. The van der Waals surface area contributed by atoms with E-state index >= 15 is 0 Å². The summed E-state index contributed by atoms with van der Waals surface area (Å²) in [6.07, 6.45) is 9.91. The van der Waals surface area contributed by atoms with Crippen LogP contribution in [0.15, 0.2) is 24.3 Å². The summed E-state index contributed by atoms with van der Waals surface area (Å²) >= 11 is 0. The molecule has 1 aliphatic rings. The van der Waals surface area contributed by atoms with E-state index in [9.17, 15) is 5.11 Å². The van der Waals surface area contributed by atoms with Gasteiger partial charge in [0.05, 0.1) is 24.9 Å². The Hall–Kier alpha value is -0.900. The number of aryl methyl sites for hydroxylation is 1. The summed E-state index contributed by atoms with van der Waals surface area (Å²) in [7, 11) is 0. The number of hydrogen-bond acceptors (Lipinski definition) is 3. The fourth-order valence-corrected chi connectivity index (χ4v) is 3.09. The quantitative estimate of drug-likeness (QED) is 0.683. The number of aliphatic hydroxyl groups is 1. The van der Waals surface area contributed by atoms with Crippen LogP contribution in [0, 0.1) is 0 Å². The van der Waals surface area contributed by atoms with Crippen molar-refractivity contribution in [2.24, 2.45) is 5.73 Å². The zero-order valence-corrected chi connectivity index (χ0v) is 13.9. The smallest absolute Gasteiger partial charge is 0.0845 e. The highest BCUT2D eigenvalue weighted by Crippen LogP contribution is 2.33. The van der Waals surface area contributed by atoms with Gasteiger partial charge in [0.1, 0.15) is 0 Å². The summed E-state index contributed by atoms with van der Waals surface area (Å²) in [4.78, 5) is 0. The topological polar surface area (TPSA) is 55.5 Å². The monoisotopic (exact) mass is 305 g/mol. The summed E-state index contributed by atoms with van der Waals surface area (Å²) in [5.41, 5.74) is 8.06. The van der Waals surface area contributed by atoms with E-state index in [4.69, 9.17) is 10.5 Å². The van der Waals surface area contributed by atoms with Crippen LogP contribution in [0.3, 0.4) is 0 Å². The lowest BCUT2D eigenvalue weighted by atomic mass is 9.94. The SMILES string of the molecule is CCCCCCCCc1ccc([C@H]2C[C@@](N)(CO)CO2)cc1. The van der Waals surface area contributed by atoms with Crippen LogP contribution in [0.5, 0.6) is 0 Å². The maximum absolute atomic E-state index is 9.30. The van der Waals surface area contributed by atoms with Gasteiger partial charge in [0, 0.05) is 6.42 Å². The Bertz CT molecular complexity index is 432. The van der Waals surface area contributed by atoms with Crippen molar-refractivity contribution in [2.75, 3.05) is 13.2 Å². The Kier molecular flexibility index (Phi) is 6.87. The normalized spacial score (nSPS) is 24.8. The van der Waals surface area contributed by atoms with Crippen LogP contribution >= 0.6 is 0 Å². The van der Waals surface area contributed by atoms with E-state index in [1.54, 1.807) is 0 Å². The molecule has 3 nitrogen and oxygen atoms in total. The Morgan fingerprint density at radius 3 is 2.45 bits per heavy atom. The van der Waals surface area contributed by atoms with E-state index in [1.807, 2.05) is 0 Å². The maximum Gasteiger partial charge on any atom is 0.0845 e. The number of rotatable bonds is 9. The number of hydrogen-bond donors (Lipinski definition) is 2. The molecule has 1 fully saturated rings. The molecule has 1 aliphatic heterocycles. The van der Waals surface area contributed by atoms with Gasteiger partial charge in [0.15, 0.2) is 0 Å².